The van der Waals surface area contributed by atoms with Crippen molar-refractivity contribution in [3.05, 3.63) is 57.0 Å². The number of rotatable bonds is 8. The summed E-state index contributed by atoms with van der Waals surface area (Å²) in [6.45, 7) is 3.10. The van der Waals surface area contributed by atoms with Crippen LogP contribution in [0.25, 0.3) is 5.69 Å². The fraction of sp³-hybridized carbons (Fsp3) is 0.389. The maximum absolute atomic E-state index is 12.9. The van der Waals surface area contributed by atoms with Crippen molar-refractivity contribution < 1.29 is 14.3 Å². The summed E-state index contributed by atoms with van der Waals surface area (Å²) in [5.74, 6) is -0.468. The quantitative estimate of drug-likeness (QED) is 0.700. The molecule has 0 bridgehead atoms. The maximum atomic E-state index is 12.9. The number of hydrogen-bond donors (Lipinski definition) is 0. The molecule has 1 aromatic heterocycles. The number of halogens is 1. The maximum Gasteiger partial charge on any atom is 0.278 e. The van der Waals surface area contributed by atoms with Gasteiger partial charge < -0.3 is 14.4 Å². The lowest BCUT2D eigenvalue weighted by molar-refractivity contribution is 0.0618. The highest BCUT2D eigenvalue weighted by molar-refractivity contribution is 6.32. The van der Waals surface area contributed by atoms with Crippen LogP contribution in [0.3, 0.4) is 0 Å². The minimum absolute atomic E-state index is 0.164. The van der Waals surface area contributed by atoms with Gasteiger partial charge >= 0.3 is 0 Å². The van der Waals surface area contributed by atoms with Crippen LogP contribution in [0.15, 0.2) is 35.1 Å². The van der Waals surface area contributed by atoms with E-state index in [1.165, 1.54) is 15.6 Å². The third kappa shape index (κ3) is 4.69. The zero-order valence-electron chi connectivity index (χ0n) is 15.1. The average Bonchev–Trinajstić information content (AvgIpc) is 2.62. The van der Waals surface area contributed by atoms with E-state index in [4.69, 9.17) is 21.1 Å². The smallest absolute Gasteiger partial charge is 0.278 e. The van der Waals surface area contributed by atoms with Gasteiger partial charge in [0.15, 0.2) is 5.69 Å². The Bertz CT molecular complexity index is 814. The van der Waals surface area contributed by atoms with E-state index in [2.05, 4.69) is 5.10 Å². The minimum atomic E-state index is -0.468. The van der Waals surface area contributed by atoms with Crippen molar-refractivity contribution in [2.75, 3.05) is 40.5 Å². The van der Waals surface area contributed by atoms with Gasteiger partial charge in [-0.1, -0.05) is 23.7 Å². The molecule has 0 atom stereocenters. The van der Waals surface area contributed by atoms with Crippen molar-refractivity contribution in [2.45, 2.75) is 6.92 Å². The molecule has 0 radical (unpaired) electrons. The van der Waals surface area contributed by atoms with Gasteiger partial charge in [0, 0.05) is 39.1 Å². The first-order chi connectivity index (χ1) is 12.5. The van der Waals surface area contributed by atoms with Crippen LogP contribution < -0.4 is 5.43 Å². The van der Waals surface area contributed by atoms with Crippen LogP contribution in [0, 0.1) is 6.92 Å². The van der Waals surface area contributed by atoms with Gasteiger partial charge in [-0.05, 0) is 19.1 Å². The largest absolute Gasteiger partial charge is 0.383 e. The van der Waals surface area contributed by atoms with Crippen molar-refractivity contribution in [3.8, 4) is 5.69 Å². The highest BCUT2D eigenvalue weighted by Gasteiger charge is 2.22. The van der Waals surface area contributed by atoms with Crippen LogP contribution in [-0.4, -0.2) is 61.1 Å². The second-order valence-corrected chi connectivity index (χ2v) is 6.05. The summed E-state index contributed by atoms with van der Waals surface area (Å²) in [4.78, 5) is 26.7. The number of aromatic nitrogens is 2. The molecule has 26 heavy (non-hydrogen) atoms. The number of carbonyl (C=O) groups is 1. The first-order valence-corrected chi connectivity index (χ1v) is 8.50. The lowest BCUT2D eigenvalue weighted by Crippen LogP contribution is -2.40. The Hall–Kier alpha value is -2.22. The van der Waals surface area contributed by atoms with E-state index in [9.17, 15) is 9.59 Å². The van der Waals surface area contributed by atoms with Gasteiger partial charge in [0.2, 0.25) is 5.43 Å². The lowest BCUT2D eigenvalue weighted by atomic mass is 10.2. The van der Waals surface area contributed by atoms with Gasteiger partial charge in [-0.15, -0.1) is 0 Å². The van der Waals surface area contributed by atoms with Gasteiger partial charge in [-0.3, -0.25) is 9.59 Å². The molecule has 0 N–H and O–H groups in total. The van der Waals surface area contributed by atoms with Crippen molar-refractivity contribution in [2.24, 2.45) is 0 Å². The van der Waals surface area contributed by atoms with Crippen molar-refractivity contribution >= 4 is 17.5 Å². The van der Waals surface area contributed by atoms with Gasteiger partial charge in [0.1, 0.15) is 0 Å². The normalized spacial score (nSPS) is 10.8. The monoisotopic (exact) mass is 379 g/mol. The van der Waals surface area contributed by atoms with E-state index >= 15 is 0 Å². The fourth-order valence-electron chi connectivity index (χ4n) is 2.43. The molecular weight excluding hydrogens is 358 g/mol. The number of carbonyl (C=O) groups excluding carboxylic acids is 1. The molecule has 8 heteroatoms. The molecule has 1 heterocycles. The molecule has 2 aromatic rings. The standard InChI is InChI=1S/C18H22ClN3O4/c1-13-12-16(23)17(18(24)21(8-10-25-2)9-11-26-3)20-22(13)15-7-5-4-6-14(15)19/h4-7,12H,8-11H2,1-3H3. The van der Waals surface area contributed by atoms with Crippen LogP contribution in [0.5, 0.6) is 0 Å². The first kappa shape index (κ1) is 20.1. The number of benzene rings is 1. The summed E-state index contributed by atoms with van der Waals surface area (Å²) in [6, 6.07) is 8.49. The Balaban J connectivity index is 2.44. The summed E-state index contributed by atoms with van der Waals surface area (Å²) in [6.07, 6.45) is 0. The van der Waals surface area contributed by atoms with Crippen LogP contribution in [-0.2, 0) is 9.47 Å². The highest BCUT2D eigenvalue weighted by atomic mass is 35.5. The Morgan fingerprint density at radius 1 is 1.19 bits per heavy atom. The van der Waals surface area contributed by atoms with Gasteiger partial charge in [-0.25, -0.2) is 4.68 Å². The topological polar surface area (TPSA) is 73.7 Å². The van der Waals surface area contributed by atoms with Crippen molar-refractivity contribution in [1.29, 1.82) is 0 Å². The Kier molecular flexibility index (Phi) is 7.32. The first-order valence-electron chi connectivity index (χ1n) is 8.12. The van der Waals surface area contributed by atoms with Gasteiger partial charge in [-0.2, -0.15) is 5.10 Å². The molecule has 0 spiro atoms. The molecule has 140 valence electrons. The SMILES string of the molecule is COCCN(CCOC)C(=O)c1nn(-c2ccccc2Cl)c(C)cc1=O. The third-order valence-electron chi connectivity index (χ3n) is 3.81. The number of amides is 1. The highest BCUT2D eigenvalue weighted by Crippen LogP contribution is 2.19. The number of nitrogens with zero attached hydrogens (tertiary/aromatic N) is 3. The number of hydrogen-bond acceptors (Lipinski definition) is 5. The molecule has 0 fully saturated rings. The average molecular weight is 380 g/mol. The van der Waals surface area contributed by atoms with E-state index in [1.807, 2.05) is 6.07 Å². The molecule has 0 aliphatic heterocycles. The second-order valence-electron chi connectivity index (χ2n) is 5.64. The van der Waals surface area contributed by atoms with Crippen LogP contribution in [0.4, 0.5) is 0 Å². The van der Waals surface area contributed by atoms with Crippen LogP contribution >= 0.6 is 11.6 Å². The number of para-hydroxylation sites is 1. The van der Waals surface area contributed by atoms with E-state index < -0.39 is 11.3 Å². The number of ether oxygens (including phenoxy) is 2. The van der Waals surface area contributed by atoms with E-state index in [-0.39, 0.29) is 5.69 Å². The zero-order valence-corrected chi connectivity index (χ0v) is 15.8. The summed E-state index contributed by atoms with van der Waals surface area (Å²) in [5.41, 5.74) is 0.583. The predicted octanol–water partition coefficient (Wildman–Crippen LogP) is 1.93. The molecule has 0 unspecified atom stereocenters. The zero-order chi connectivity index (χ0) is 19.1. The molecule has 0 saturated heterocycles. The van der Waals surface area contributed by atoms with E-state index in [0.717, 1.165) is 0 Å². The van der Waals surface area contributed by atoms with Crippen LogP contribution in [0.1, 0.15) is 16.2 Å². The molecule has 1 amide bonds. The Morgan fingerprint density at radius 3 is 2.38 bits per heavy atom. The summed E-state index contributed by atoms with van der Waals surface area (Å²) in [7, 11) is 3.10. The Morgan fingerprint density at radius 2 is 1.81 bits per heavy atom. The summed E-state index contributed by atoms with van der Waals surface area (Å²) in [5, 5.41) is 4.76. The lowest BCUT2D eigenvalue weighted by Gasteiger charge is -2.22. The molecule has 0 saturated carbocycles. The van der Waals surface area contributed by atoms with E-state index in [0.29, 0.717) is 42.7 Å². The summed E-state index contributed by atoms with van der Waals surface area (Å²) >= 11 is 6.23. The minimum Gasteiger partial charge on any atom is -0.383 e. The molecule has 0 aliphatic rings. The van der Waals surface area contributed by atoms with Crippen LogP contribution in [0.2, 0.25) is 5.02 Å². The Labute approximate surface area is 157 Å². The molecular formula is C18H22ClN3O4. The predicted molar refractivity (Wildman–Crippen MR) is 99.2 cm³/mol. The third-order valence-corrected chi connectivity index (χ3v) is 4.13. The molecule has 7 nitrogen and oxygen atoms in total. The fourth-order valence-corrected chi connectivity index (χ4v) is 2.65. The second kappa shape index (κ2) is 9.47. The number of aryl methyl sites for hydroxylation is 1. The van der Waals surface area contributed by atoms with Gasteiger partial charge in [0.05, 0.1) is 23.9 Å². The van der Waals surface area contributed by atoms with E-state index in [1.54, 1.807) is 39.3 Å². The molecule has 0 aliphatic carbocycles. The summed E-state index contributed by atoms with van der Waals surface area (Å²) < 4.78 is 11.6. The number of methoxy groups -OCH3 is 2. The van der Waals surface area contributed by atoms with Crippen molar-refractivity contribution in [1.82, 2.24) is 14.7 Å². The van der Waals surface area contributed by atoms with Crippen molar-refractivity contribution in [3.63, 3.8) is 0 Å². The molecule has 2 rings (SSSR count). The molecule has 1 aromatic carbocycles. The van der Waals surface area contributed by atoms with Gasteiger partial charge in [0.25, 0.3) is 5.91 Å².